The zero-order chi connectivity index (χ0) is 14.3. The van der Waals surface area contributed by atoms with Crippen LogP contribution in [0.5, 0.6) is 5.75 Å². The highest BCUT2D eigenvalue weighted by atomic mass is 16.6. The third-order valence-electron chi connectivity index (χ3n) is 4.01. The van der Waals surface area contributed by atoms with Gasteiger partial charge in [0.05, 0.1) is 10.6 Å². The van der Waals surface area contributed by atoms with Crippen molar-refractivity contribution in [1.29, 1.82) is 0 Å². The van der Waals surface area contributed by atoms with Crippen LogP contribution in [0.1, 0.15) is 12.5 Å². The average Bonchev–Trinajstić information content (AvgIpc) is 2.78. The molecule has 1 atom stereocenters. The quantitative estimate of drug-likeness (QED) is 0.608. The van der Waals surface area contributed by atoms with Gasteiger partial charge >= 0.3 is 0 Å². The van der Waals surface area contributed by atoms with Gasteiger partial charge in [-0.1, -0.05) is 0 Å². The molecule has 1 fully saturated rings. The normalized spacial score (nSPS) is 22.5. The second-order valence-corrected chi connectivity index (χ2v) is 5.63. The maximum atomic E-state index is 11.1. The fourth-order valence-corrected chi connectivity index (χ4v) is 2.88. The van der Waals surface area contributed by atoms with E-state index in [1.165, 1.54) is 0 Å². The van der Waals surface area contributed by atoms with Gasteiger partial charge in [-0.05, 0) is 14.0 Å². The van der Waals surface area contributed by atoms with Crippen LogP contribution < -0.4 is 9.64 Å². The first kappa shape index (κ1) is 13.2. The van der Waals surface area contributed by atoms with Gasteiger partial charge in [0.2, 0.25) is 0 Å². The maximum Gasteiger partial charge on any atom is 0.272 e. The second-order valence-electron chi connectivity index (χ2n) is 5.63. The Balaban J connectivity index is 1.98. The van der Waals surface area contributed by atoms with Crippen LogP contribution in [0.15, 0.2) is 12.1 Å². The van der Waals surface area contributed by atoms with Crippen molar-refractivity contribution in [3.8, 4) is 5.75 Å². The van der Waals surface area contributed by atoms with E-state index in [-0.39, 0.29) is 16.7 Å². The monoisotopic (exact) mass is 277 g/mol. The van der Waals surface area contributed by atoms with E-state index in [1.807, 2.05) is 6.92 Å². The molecule has 6 nitrogen and oxygen atoms in total. The summed E-state index contributed by atoms with van der Waals surface area (Å²) < 4.78 is 5.87. The minimum atomic E-state index is -0.317. The summed E-state index contributed by atoms with van der Waals surface area (Å²) in [5.74, 6) is 0.840. The molecule has 2 aliphatic rings. The minimum absolute atomic E-state index is 0.0956. The molecule has 6 heteroatoms. The summed E-state index contributed by atoms with van der Waals surface area (Å²) >= 11 is 0. The molecule has 0 spiro atoms. The molecule has 1 aromatic rings. The molecule has 2 aliphatic heterocycles. The fraction of sp³-hybridized carbons (Fsp3) is 0.571. The number of fused-ring (bicyclic) bond motifs is 1. The Morgan fingerprint density at radius 2 is 2.00 bits per heavy atom. The number of nitro benzene ring substituents is 1. The van der Waals surface area contributed by atoms with Crippen molar-refractivity contribution in [2.75, 3.05) is 38.1 Å². The molecule has 3 rings (SSSR count). The van der Waals surface area contributed by atoms with Gasteiger partial charge in [-0.25, -0.2) is 0 Å². The van der Waals surface area contributed by atoms with E-state index in [0.717, 1.165) is 49.6 Å². The lowest BCUT2D eigenvalue weighted by atomic mass is 10.1. The number of ether oxygens (including phenoxy) is 1. The number of hydrogen-bond donors (Lipinski definition) is 0. The number of benzene rings is 1. The molecule has 0 amide bonds. The number of hydrogen-bond acceptors (Lipinski definition) is 5. The molecule has 0 N–H and O–H groups in total. The Hall–Kier alpha value is -1.82. The van der Waals surface area contributed by atoms with Crippen molar-refractivity contribution < 1.29 is 9.66 Å². The predicted octanol–water partition coefficient (Wildman–Crippen LogP) is 1.67. The van der Waals surface area contributed by atoms with E-state index in [2.05, 4.69) is 16.8 Å². The van der Waals surface area contributed by atoms with E-state index < -0.39 is 0 Å². The Morgan fingerprint density at radius 1 is 1.30 bits per heavy atom. The average molecular weight is 277 g/mol. The zero-order valence-corrected chi connectivity index (χ0v) is 11.8. The van der Waals surface area contributed by atoms with Crippen LogP contribution in [0.3, 0.4) is 0 Å². The molecule has 0 aromatic heterocycles. The molecule has 0 saturated carbocycles. The van der Waals surface area contributed by atoms with Crippen molar-refractivity contribution >= 4 is 11.4 Å². The number of anilines is 1. The molecule has 0 bridgehead atoms. The fourth-order valence-electron chi connectivity index (χ4n) is 2.88. The van der Waals surface area contributed by atoms with Crippen LogP contribution in [0.4, 0.5) is 11.4 Å². The van der Waals surface area contributed by atoms with Gasteiger partial charge in [0.1, 0.15) is 11.9 Å². The molecule has 0 aliphatic carbocycles. The number of nitrogens with zero attached hydrogens (tertiary/aromatic N) is 3. The highest BCUT2D eigenvalue weighted by Crippen LogP contribution is 2.41. The smallest absolute Gasteiger partial charge is 0.272 e. The molecular formula is C14H19N3O3. The molecule has 0 radical (unpaired) electrons. The van der Waals surface area contributed by atoms with Gasteiger partial charge in [-0.3, -0.25) is 10.1 Å². The molecule has 1 saturated heterocycles. The largest absolute Gasteiger partial charge is 0.488 e. The number of piperazine rings is 1. The highest BCUT2D eigenvalue weighted by Gasteiger charge is 2.29. The van der Waals surface area contributed by atoms with Gasteiger partial charge in [-0.15, -0.1) is 0 Å². The van der Waals surface area contributed by atoms with Gasteiger partial charge in [-0.2, -0.15) is 0 Å². The standard InChI is InChI=1S/C14H19N3O3/c1-10-7-11-8-12(17(18)19)9-13(14(11)20-10)16-5-3-15(2)4-6-16/h8-10H,3-7H2,1-2H3. The van der Waals surface area contributed by atoms with Crippen LogP contribution in [0, 0.1) is 10.1 Å². The van der Waals surface area contributed by atoms with Crippen LogP contribution in [-0.2, 0) is 6.42 Å². The van der Waals surface area contributed by atoms with Gasteiger partial charge in [0.15, 0.2) is 0 Å². The van der Waals surface area contributed by atoms with E-state index in [1.54, 1.807) is 12.1 Å². The molecule has 1 unspecified atom stereocenters. The second kappa shape index (κ2) is 4.94. The first-order valence-corrected chi connectivity index (χ1v) is 6.96. The van der Waals surface area contributed by atoms with Gasteiger partial charge < -0.3 is 14.5 Å². The Bertz CT molecular complexity index is 539. The van der Waals surface area contributed by atoms with Gasteiger partial charge in [0.25, 0.3) is 5.69 Å². The van der Waals surface area contributed by atoms with E-state index >= 15 is 0 Å². The van der Waals surface area contributed by atoms with Gasteiger partial charge in [0, 0.05) is 50.3 Å². The van der Waals surface area contributed by atoms with E-state index in [4.69, 9.17) is 4.74 Å². The maximum absolute atomic E-state index is 11.1. The topological polar surface area (TPSA) is 58.9 Å². The van der Waals surface area contributed by atoms with Crippen LogP contribution in [-0.4, -0.2) is 49.2 Å². The third kappa shape index (κ3) is 2.31. The summed E-state index contributed by atoms with van der Waals surface area (Å²) in [6.07, 6.45) is 0.843. The molecule has 1 aromatic carbocycles. The van der Waals surface area contributed by atoms with Crippen LogP contribution in [0.25, 0.3) is 0 Å². The zero-order valence-electron chi connectivity index (χ0n) is 11.8. The highest BCUT2D eigenvalue weighted by molar-refractivity contribution is 5.68. The number of nitro groups is 1. The number of non-ortho nitro benzene ring substituents is 1. The summed E-state index contributed by atoms with van der Waals surface area (Å²) in [7, 11) is 2.09. The summed E-state index contributed by atoms with van der Waals surface area (Å²) in [5, 5.41) is 11.1. The van der Waals surface area contributed by atoms with Crippen molar-refractivity contribution in [2.24, 2.45) is 0 Å². The van der Waals surface area contributed by atoms with E-state index in [9.17, 15) is 10.1 Å². The summed E-state index contributed by atoms with van der Waals surface area (Å²) in [6.45, 7) is 5.68. The van der Waals surface area contributed by atoms with Crippen LogP contribution in [0.2, 0.25) is 0 Å². The SMILES string of the molecule is CC1Cc2cc([N+](=O)[O-])cc(N3CCN(C)CC3)c2O1. The number of rotatable bonds is 2. The Kier molecular flexibility index (Phi) is 3.25. The van der Waals surface area contributed by atoms with Crippen molar-refractivity contribution in [2.45, 2.75) is 19.4 Å². The first-order chi connectivity index (χ1) is 9.54. The van der Waals surface area contributed by atoms with Crippen LogP contribution >= 0.6 is 0 Å². The van der Waals surface area contributed by atoms with Crippen molar-refractivity contribution in [3.63, 3.8) is 0 Å². The molecule has 108 valence electrons. The molecule has 2 heterocycles. The minimum Gasteiger partial charge on any atom is -0.488 e. The number of likely N-dealkylation sites (N-methyl/N-ethyl adjacent to an activating group) is 1. The molecular weight excluding hydrogens is 258 g/mol. The summed E-state index contributed by atoms with van der Waals surface area (Å²) in [4.78, 5) is 15.3. The predicted molar refractivity (Wildman–Crippen MR) is 76.6 cm³/mol. The van der Waals surface area contributed by atoms with E-state index in [0.29, 0.717) is 0 Å². The van der Waals surface area contributed by atoms with Crippen molar-refractivity contribution in [3.05, 3.63) is 27.8 Å². The first-order valence-electron chi connectivity index (χ1n) is 6.96. The Morgan fingerprint density at radius 3 is 2.65 bits per heavy atom. The molecule has 20 heavy (non-hydrogen) atoms. The lowest BCUT2D eigenvalue weighted by Gasteiger charge is -2.34. The lowest BCUT2D eigenvalue weighted by molar-refractivity contribution is -0.384. The summed E-state index contributed by atoms with van der Waals surface area (Å²) in [5.41, 5.74) is 2.00. The third-order valence-corrected chi connectivity index (χ3v) is 4.01. The van der Waals surface area contributed by atoms with Crippen molar-refractivity contribution in [1.82, 2.24) is 4.90 Å². The summed E-state index contributed by atoms with van der Waals surface area (Å²) in [6, 6.07) is 3.31. The lowest BCUT2D eigenvalue weighted by Crippen LogP contribution is -2.44. The Labute approximate surface area is 118 Å².